The quantitative estimate of drug-likeness (QED) is 0.383. The molecule has 118 valence electrons. The van der Waals surface area contributed by atoms with Gasteiger partial charge in [0.1, 0.15) is 5.82 Å². The molecule has 1 aromatic heterocycles. The van der Waals surface area contributed by atoms with Gasteiger partial charge in [-0.25, -0.2) is 9.37 Å². The maximum Gasteiger partial charge on any atom is 0.311 e. The molecule has 0 saturated carbocycles. The molecule has 1 heterocycles. The van der Waals surface area contributed by atoms with Crippen molar-refractivity contribution in [2.45, 2.75) is 13.3 Å². The number of esters is 1. The van der Waals surface area contributed by atoms with Crippen LogP contribution in [0.5, 0.6) is 0 Å². The molecule has 0 amide bonds. The average Bonchev–Trinajstić information content (AvgIpc) is 2.95. The highest BCUT2D eigenvalue weighted by Crippen LogP contribution is 2.16. The van der Waals surface area contributed by atoms with Crippen LogP contribution in [0.4, 0.5) is 9.52 Å². The third-order valence-corrected chi connectivity index (χ3v) is 3.51. The number of hydrazone groups is 1. The second-order valence-electron chi connectivity index (χ2n) is 4.37. The molecule has 0 fully saturated rings. The van der Waals surface area contributed by atoms with E-state index in [-0.39, 0.29) is 12.4 Å². The molecule has 0 aliphatic rings. The average molecular weight is 331 g/mol. The van der Waals surface area contributed by atoms with E-state index < -0.39 is 5.82 Å². The van der Waals surface area contributed by atoms with E-state index in [2.05, 4.69) is 21.4 Å². The van der Waals surface area contributed by atoms with Gasteiger partial charge in [0.2, 0.25) is 5.13 Å². The minimum atomic E-state index is -0.392. The van der Waals surface area contributed by atoms with Crippen molar-refractivity contribution < 1.29 is 13.9 Å². The Morgan fingerprint density at radius 3 is 3.17 bits per heavy atom. The molecule has 7 heteroatoms. The van der Waals surface area contributed by atoms with Crippen LogP contribution in [0.3, 0.4) is 0 Å². The predicted octanol–water partition coefficient (Wildman–Crippen LogP) is 2.82. The molecule has 0 aliphatic heterocycles. The van der Waals surface area contributed by atoms with Crippen LogP contribution in [0.1, 0.15) is 23.7 Å². The number of carbonyl (C=O) groups is 1. The van der Waals surface area contributed by atoms with Crippen LogP contribution in [0.25, 0.3) is 0 Å². The van der Waals surface area contributed by atoms with Gasteiger partial charge in [0.25, 0.3) is 0 Å². The summed E-state index contributed by atoms with van der Waals surface area (Å²) in [6.07, 6.45) is 6.88. The minimum Gasteiger partial charge on any atom is -0.466 e. The highest BCUT2D eigenvalue weighted by atomic mass is 32.1. The molecule has 2 aromatic rings. The molecule has 2 rings (SSSR count). The lowest BCUT2D eigenvalue weighted by Crippen LogP contribution is -2.07. The second-order valence-corrected chi connectivity index (χ2v) is 5.23. The molecule has 5 nitrogen and oxygen atoms in total. The lowest BCUT2D eigenvalue weighted by molar-refractivity contribution is -0.142. The number of rotatable bonds is 6. The number of aromatic nitrogens is 1. The first-order valence-corrected chi connectivity index (χ1v) is 7.65. The zero-order valence-corrected chi connectivity index (χ0v) is 13.2. The fourth-order valence-corrected chi connectivity index (χ4v) is 2.39. The number of anilines is 1. The van der Waals surface area contributed by atoms with E-state index >= 15 is 0 Å². The highest BCUT2D eigenvalue weighted by molar-refractivity contribution is 7.13. The normalized spacial score (nSPS) is 10.5. The fourth-order valence-electron chi connectivity index (χ4n) is 1.73. The molecular formula is C16H14FN3O2S. The third-order valence-electron chi connectivity index (χ3n) is 2.72. The molecule has 0 atom stereocenters. The number of halogens is 1. The summed E-state index contributed by atoms with van der Waals surface area (Å²) in [6.45, 7) is 2.08. The Morgan fingerprint density at radius 1 is 1.61 bits per heavy atom. The van der Waals surface area contributed by atoms with Crippen LogP contribution in [0, 0.1) is 18.2 Å². The van der Waals surface area contributed by atoms with Crippen LogP contribution < -0.4 is 5.43 Å². The van der Waals surface area contributed by atoms with Gasteiger partial charge < -0.3 is 4.74 Å². The molecule has 0 bridgehead atoms. The summed E-state index contributed by atoms with van der Waals surface area (Å²) < 4.78 is 18.1. The van der Waals surface area contributed by atoms with Gasteiger partial charge in [-0.2, -0.15) is 5.10 Å². The van der Waals surface area contributed by atoms with Crippen LogP contribution >= 0.6 is 11.3 Å². The third kappa shape index (κ3) is 4.90. The van der Waals surface area contributed by atoms with E-state index in [0.717, 1.165) is 0 Å². The first-order valence-electron chi connectivity index (χ1n) is 6.77. The number of benzene rings is 1. The summed E-state index contributed by atoms with van der Waals surface area (Å²) in [6, 6.07) is 4.11. The number of nitrogens with zero attached hydrogens (tertiary/aromatic N) is 2. The van der Waals surface area contributed by atoms with Gasteiger partial charge in [0, 0.05) is 16.5 Å². The lowest BCUT2D eigenvalue weighted by Gasteiger charge is -1.99. The summed E-state index contributed by atoms with van der Waals surface area (Å²) in [5.41, 5.74) is 4.35. The van der Waals surface area contributed by atoms with Crippen molar-refractivity contribution >= 4 is 28.7 Å². The topological polar surface area (TPSA) is 63.6 Å². The largest absolute Gasteiger partial charge is 0.466 e. The number of hydrogen-bond donors (Lipinski definition) is 1. The van der Waals surface area contributed by atoms with Crippen LogP contribution in [0.15, 0.2) is 28.7 Å². The van der Waals surface area contributed by atoms with Crippen molar-refractivity contribution in [3.05, 3.63) is 46.2 Å². The number of nitrogens with one attached hydrogen (secondary N) is 1. The number of thiazole rings is 1. The Bertz CT molecular complexity index is 765. The van der Waals surface area contributed by atoms with Crippen molar-refractivity contribution in [3.63, 3.8) is 0 Å². The van der Waals surface area contributed by atoms with E-state index in [9.17, 15) is 9.18 Å². The number of terminal acetylenes is 1. The number of hydrogen-bond acceptors (Lipinski definition) is 6. The van der Waals surface area contributed by atoms with E-state index in [0.29, 0.717) is 28.6 Å². The van der Waals surface area contributed by atoms with E-state index in [1.165, 1.54) is 35.8 Å². The van der Waals surface area contributed by atoms with Crippen LogP contribution in [-0.2, 0) is 16.0 Å². The maximum absolute atomic E-state index is 13.2. The van der Waals surface area contributed by atoms with Gasteiger partial charge in [-0.05, 0) is 25.1 Å². The SMILES string of the molecule is C#Cc1ccc(F)cc1C=NNc1nc(CC(=O)OCC)cs1. The predicted molar refractivity (Wildman–Crippen MR) is 88.0 cm³/mol. The zero-order chi connectivity index (χ0) is 16.7. The monoisotopic (exact) mass is 331 g/mol. The Morgan fingerprint density at radius 2 is 2.43 bits per heavy atom. The number of carbonyl (C=O) groups excluding carboxylic acids is 1. The van der Waals surface area contributed by atoms with Gasteiger partial charge in [-0.3, -0.25) is 10.2 Å². The van der Waals surface area contributed by atoms with Gasteiger partial charge >= 0.3 is 5.97 Å². The smallest absolute Gasteiger partial charge is 0.311 e. The Balaban J connectivity index is 1.99. The lowest BCUT2D eigenvalue weighted by atomic mass is 10.1. The molecule has 0 aliphatic carbocycles. The summed E-state index contributed by atoms with van der Waals surface area (Å²) in [5.74, 6) is 1.74. The Hall–Kier alpha value is -2.72. The minimum absolute atomic E-state index is 0.112. The van der Waals surface area contributed by atoms with Gasteiger partial charge in [0.15, 0.2) is 0 Å². The first-order chi connectivity index (χ1) is 11.1. The molecule has 1 aromatic carbocycles. The first kappa shape index (κ1) is 16.6. The Labute approximate surface area is 137 Å². The van der Waals surface area contributed by atoms with E-state index in [1.54, 1.807) is 12.3 Å². The van der Waals surface area contributed by atoms with Crippen LogP contribution in [-0.4, -0.2) is 23.8 Å². The van der Waals surface area contributed by atoms with Crippen molar-refractivity contribution in [2.75, 3.05) is 12.0 Å². The number of ether oxygens (including phenoxy) is 1. The van der Waals surface area contributed by atoms with Crippen molar-refractivity contribution in [1.82, 2.24) is 4.98 Å². The Kier molecular flexibility index (Phi) is 5.83. The summed E-state index contributed by atoms with van der Waals surface area (Å²) in [5, 5.41) is 6.24. The molecule has 23 heavy (non-hydrogen) atoms. The van der Waals surface area contributed by atoms with Crippen molar-refractivity contribution in [2.24, 2.45) is 5.10 Å². The van der Waals surface area contributed by atoms with E-state index in [1.807, 2.05) is 0 Å². The van der Waals surface area contributed by atoms with Gasteiger partial charge in [-0.15, -0.1) is 17.8 Å². The highest BCUT2D eigenvalue weighted by Gasteiger charge is 2.08. The van der Waals surface area contributed by atoms with Gasteiger partial charge in [0.05, 0.1) is 24.9 Å². The molecule has 0 unspecified atom stereocenters. The zero-order valence-electron chi connectivity index (χ0n) is 12.4. The molecular weight excluding hydrogens is 317 g/mol. The van der Waals surface area contributed by atoms with Crippen molar-refractivity contribution in [1.29, 1.82) is 0 Å². The summed E-state index contributed by atoms with van der Waals surface area (Å²) in [4.78, 5) is 15.6. The van der Waals surface area contributed by atoms with Crippen LogP contribution in [0.2, 0.25) is 0 Å². The standard InChI is InChI=1S/C16H14FN3O2S/c1-3-11-5-6-13(17)7-12(11)9-18-20-16-19-14(10-23-16)8-15(21)22-4-2/h1,5-7,9-10H,4,8H2,2H3,(H,19,20). The van der Waals surface area contributed by atoms with Gasteiger partial charge in [-0.1, -0.05) is 5.92 Å². The van der Waals surface area contributed by atoms with E-state index in [4.69, 9.17) is 11.2 Å². The van der Waals surface area contributed by atoms with Crippen molar-refractivity contribution in [3.8, 4) is 12.3 Å². The fraction of sp³-hybridized carbons (Fsp3) is 0.188. The molecule has 0 radical (unpaired) electrons. The summed E-state index contributed by atoms with van der Waals surface area (Å²) in [7, 11) is 0. The molecule has 0 saturated heterocycles. The summed E-state index contributed by atoms with van der Waals surface area (Å²) >= 11 is 1.30. The second kappa shape index (κ2) is 8.06. The molecule has 1 N–H and O–H groups in total. The maximum atomic E-state index is 13.2. The molecule has 0 spiro atoms.